The summed E-state index contributed by atoms with van der Waals surface area (Å²) < 4.78 is 21.0. The van der Waals surface area contributed by atoms with Crippen LogP contribution in [0.5, 0.6) is 0 Å². The van der Waals surface area contributed by atoms with Gasteiger partial charge in [0.25, 0.3) is 0 Å². The Kier molecular flexibility index (Phi) is 19.4. The summed E-state index contributed by atoms with van der Waals surface area (Å²) in [4.78, 5) is 5.88. The van der Waals surface area contributed by atoms with Crippen LogP contribution >= 0.6 is 46.1 Å². The molecule has 0 N–H and O–H groups in total. The molecule has 2 aliphatic carbocycles. The Morgan fingerprint density at radius 1 is 0.365 bits per heavy atom. The number of benzene rings is 3. The number of hydrogen-bond donors (Lipinski definition) is 0. The molecule has 0 spiro atoms. The van der Waals surface area contributed by atoms with Crippen molar-refractivity contribution in [3.8, 4) is 42.4 Å². The van der Waals surface area contributed by atoms with E-state index in [2.05, 4.69) is 103 Å². The van der Waals surface area contributed by atoms with E-state index in [0.29, 0.717) is 0 Å². The molecule has 398 valence electrons. The average Bonchev–Trinajstić information content (AvgIpc) is 4.32. The van der Waals surface area contributed by atoms with Crippen molar-refractivity contribution < 1.29 is 0 Å². The maximum absolute atomic E-state index is 5.46. The molecule has 0 unspecified atom stereocenters. The average molecular weight is 1070 g/mol. The van der Waals surface area contributed by atoms with Gasteiger partial charge >= 0.3 is 0 Å². The highest BCUT2D eigenvalue weighted by Gasteiger charge is 2.50. The molecule has 0 fully saturated rings. The first-order chi connectivity index (χ1) is 36.3. The van der Waals surface area contributed by atoms with E-state index in [1.54, 1.807) is 33.4 Å². The fraction of sp³-hybridized carbons (Fsp3) is 0.606. The second-order valence-corrected chi connectivity index (χ2v) is 26.4. The molecule has 4 nitrogen and oxygen atoms in total. The van der Waals surface area contributed by atoms with Crippen LogP contribution < -0.4 is 0 Å². The Bertz CT molecular complexity index is 2920. The predicted octanol–water partition coefficient (Wildman–Crippen LogP) is 22.4. The molecule has 0 amide bonds. The third-order valence-electron chi connectivity index (χ3n) is 17.7. The lowest BCUT2D eigenvalue weighted by Gasteiger charge is -2.35. The molecule has 8 heteroatoms. The molecule has 0 saturated heterocycles. The summed E-state index contributed by atoms with van der Waals surface area (Å²) in [5.41, 5.74) is 22.0. The second-order valence-electron chi connectivity index (χ2n) is 23.0. The van der Waals surface area contributed by atoms with Crippen molar-refractivity contribution >= 4 is 68.2 Å². The maximum atomic E-state index is 5.46. The Morgan fingerprint density at radius 2 is 0.757 bits per heavy atom. The summed E-state index contributed by atoms with van der Waals surface area (Å²) in [6.07, 6.45) is 37.6. The van der Waals surface area contributed by atoms with Gasteiger partial charge in [-0.05, 0) is 146 Å². The van der Waals surface area contributed by atoms with Crippen molar-refractivity contribution in [2.75, 3.05) is 0 Å². The van der Waals surface area contributed by atoms with Crippen LogP contribution in [0.2, 0.25) is 0 Å². The number of rotatable bonds is 32. The Morgan fingerprint density at radius 3 is 1.24 bits per heavy atom. The normalized spacial score (nSPS) is 14.2. The number of thiophene rings is 2. The quantitative estimate of drug-likeness (QED) is 0.0395. The zero-order chi connectivity index (χ0) is 51.7. The van der Waals surface area contributed by atoms with Gasteiger partial charge in [0, 0.05) is 47.0 Å². The topological polar surface area (TPSA) is 51.6 Å². The minimum absolute atomic E-state index is 0.0628. The Labute approximate surface area is 464 Å². The summed E-state index contributed by atoms with van der Waals surface area (Å²) in [7, 11) is 0. The SMILES string of the molecule is CCCCCCc1cc(C)sc1-c1sc(-c2cc3c(c4nsnc24)-c2cc4c(cc2C3(CCCCCC)CCCCCC)-c2c(cc(C)c3nsnc23)C4(CCCCCC)CCCCCC)cc1CCCCCC. The van der Waals surface area contributed by atoms with Gasteiger partial charge in [-0.25, -0.2) is 0 Å². The fourth-order valence-corrected chi connectivity index (χ4v) is 17.4. The van der Waals surface area contributed by atoms with Crippen molar-refractivity contribution in [2.45, 2.75) is 259 Å². The molecule has 4 aromatic heterocycles. The minimum atomic E-state index is -0.120. The molecule has 3 aromatic carbocycles. The third-order valence-corrected chi connectivity index (χ3v) is 21.2. The Hall–Kier alpha value is -3.30. The lowest BCUT2D eigenvalue weighted by Crippen LogP contribution is -2.27. The van der Waals surface area contributed by atoms with Crippen molar-refractivity contribution in [1.29, 1.82) is 0 Å². The van der Waals surface area contributed by atoms with Crippen LogP contribution in [-0.4, -0.2) is 17.5 Å². The molecule has 9 rings (SSSR count). The van der Waals surface area contributed by atoms with Crippen LogP contribution in [0.3, 0.4) is 0 Å². The van der Waals surface area contributed by atoms with Crippen molar-refractivity contribution in [3.05, 3.63) is 80.2 Å². The molecule has 2 aliphatic rings. The first-order valence-corrected chi connectivity index (χ1v) is 33.4. The zero-order valence-corrected chi connectivity index (χ0v) is 50.4. The van der Waals surface area contributed by atoms with Crippen LogP contribution in [0.4, 0.5) is 0 Å². The van der Waals surface area contributed by atoms with Crippen LogP contribution in [0.25, 0.3) is 64.5 Å². The number of fused-ring (bicyclic) bond motifs is 10. The third kappa shape index (κ3) is 11.1. The molecular formula is C66H90N4S4. The highest BCUT2D eigenvalue weighted by molar-refractivity contribution is 7.24. The van der Waals surface area contributed by atoms with Gasteiger partial charge in [-0.2, -0.15) is 17.5 Å². The zero-order valence-electron chi connectivity index (χ0n) is 47.1. The molecule has 7 aromatic rings. The van der Waals surface area contributed by atoms with E-state index in [1.807, 2.05) is 11.3 Å². The summed E-state index contributed by atoms with van der Waals surface area (Å²) in [6.45, 7) is 18.7. The van der Waals surface area contributed by atoms with Crippen molar-refractivity contribution in [3.63, 3.8) is 0 Å². The lowest BCUT2D eigenvalue weighted by molar-refractivity contribution is 0.397. The van der Waals surface area contributed by atoms with E-state index in [4.69, 9.17) is 17.5 Å². The van der Waals surface area contributed by atoms with E-state index in [9.17, 15) is 0 Å². The summed E-state index contributed by atoms with van der Waals surface area (Å²) in [5.74, 6) is 0. The molecule has 4 heterocycles. The van der Waals surface area contributed by atoms with Crippen molar-refractivity contribution in [2.24, 2.45) is 0 Å². The van der Waals surface area contributed by atoms with E-state index >= 15 is 0 Å². The monoisotopic (exact) mass is 1070 g/mol. The van der Waals surface area contributed by atoms with E-state index in [0.717, 1.165) is 28.5 Å². The molecular weight excluding hydrogens is 977 g/mol. The highest BCUT2D eigenvalue weighted by Crippen LogP contribution is 2.63. The lowest BCUT2D eigenvalue weighted by atomic mass is 9.68. The van der Waals surface area contributed by atoms with Gasteiger partial charge in [-0.3, -0.25) is 0 Å². The second kappa shape index (κ2) is 25.9. The minimum Gasteiger partial charge on any atom is -0.173 e. The smallest absolute Gasteiger partial charge is 0.114 e. The summed E-state index contributed by atoms with van der Waals surface area (Å²) in [5, 5.41) is 0. The van der Waals surface area contributed by atoms with Crippen LogP contribution in [-0.2, 0) is 23.7 Å². The number of aromatic nitrogens is 4. The van der Waals surface area contributed by atoms with E-state index in [-0.39, 0.29) is 10.8 Å². The maximum Gasteiger partial charge on any atom is 0.114 e. The van der Waals surface area contributed by atoms with Crippen LogP contribution in [0.1, 0.15) is 265 Å². The summed E-state index contributed by atoms with van der Waals surface area (Å²) in [6, 6.07) is 16.0. The van der Waals surface area contributed by atoms with Crippen LogP contribution in [0, 0.1) is 13.8 Å². The molecule has 74 heavy (non-hydrogen) atoms. The first kappa shape index (κ1) is 55.5. The number of hydrogen-bond acceptors (Lipinski definition) is 8. The highest BCUT2D eigenvalue weighted by atomic mass is 32.1. The fourth-order valence-electron chi connectivity index (χ4n) is 13.7. The van der Waals surface area contributed by atoms with Crippen molar-refractivity contribution in [1.82, 2.24) is 17.5 Å². The number of unbranched alkanes of at least 4 members (excludes halogenated alkanes) is 18. The Balaban J connectivity index is 1.29. The molecule has 0 aliphatic heterocycles. The summed E-state index contributed by atoms with van der Waals surface area (Å²) >= 11 is 6.95. The van der Waals surface area contributed by atoms with Gasteiger partial charge in [-0.1, -0.05) is 189 Å². The van der Waals surface area contributed by atoms with Gasteiger partial charge in [0.05, 0.1) is 23.5 Å². The van der Waals surface area contributed by atoms with Crippen LogP contribution in [0.15, 0.2) is 36.4 Å². The van der Waals surface area contributed by atoms with Gasteiger partial charge in [0.2, 0.25) is 0 Å². The van der Waals surface area contributed by atoms with Gasteiger partial charge in [0.1, 0.15) is 22.1 Å². The molecule has 0 saturated carbocycles. The standard InChI is InChI=1S/C66H90N4S4/c1-9-15-21-27-33-47-40-46(8)71-63(47)64-48(34-28-22-16-10-2)41-56(72-64)51-44-55-58(62-60(51)68-74-70-62)50-43-52-49(42-53(50)66(55,37-31-25-19-13-5)38-32-26-20-14-6)57-54(39-45(7)59-61(57)69-73-67-59)65(52,35-29-23-17-11-3)36-30-24-18-12-4/h39-44H,9-38H2,1-8H3. The largest absolute Gasteiger partial charge is 0.173 e. The molecule has 0 bridgehead atoms. The molecule has 0 atom stereocenters. The van der Waals surface area contributed by atoms with Gasteiger partial charge in [0.15, 0.2) is 0 Å². The van der Waals surface area contributed by atoms with E-state index in [1.165, 1.54) is 263 Å². The van der Waals surface area contributed by atoms with E-state index < -0.39 is 0 Å². The predicted molar refractivity (Wildman–Crippen MR) is 328 cm³/mol. The number of aryl methyl sites for hydroxylation is 4. The van der Waals surface area contributed by atoms with Gasteiger partial charge < -0.3 is 0 Å². The number of nitrogens with zero attached hydrogens (tertiary/aromatic N) is 4. The first-order valence-electron chi connectivity index (χ1n) is 30.3. The van der Waals surface area contributed by atoms with Gasteiger partial charge in [-0.15, -0.1) is 22.7 Å². The molecule has 0 radical (unpaired) electrons.